The van der Waals surface area contributed by atoms with E-state index in [2.05, 4.69) is 29.2 Å². The highest BCUT2D eigenvalue weighted by Crippen LogP contribution is 2.42. The van der Waals surface area contributed by atoms with Crippen molar-refractivity contribution in [1.82, 2.24) is 14.7 Å². The number of carbonyl (C=O) groups excluding carboxylic acids is 2. The van der Waals surface area contributed by atoms with Gasteiger partial charge in [-0.1, -0.05) is 24.3 Å². The molecule has 1 aromatic carbocycles. The van der Waals surface area contributed by atoms with Crippen molar-refractivity contribution in [3.8, 4) is 0 Å². The lowest BCUT2D eigenvalue weighted by Gasteiger charge is -2.49. The number of amides is 2. The normalized spacial score (nSPS) is 21.9. The van der Waals surface area contributed by atoms with Crippen LogP contribution in [0, 0.1) is 5.92 Å². The summed E-state index contributed by atoms with van der Waals surface area (Å²) in [5.74, 6) is 0.823. The second-order valence-corrected chi connectivity index (χ2v) is 9.98. The number of nitrogens with zero attached hydrogens (tertiary/aromatic N) is 3. The molecular weight excluding hydrogens is 390 g/mol. The maximum absolute atomic E-state index is 12.2. The summed E-state index contributed by atoms with van der Waals surface area (Å²) in [5, 5.41) is 0. The molecule has 6 nitrogen and oxygen atoms in total. The molecule has 0 saturated carbocycles. The molecule has 3 aliphatic rings. The summed E-state index contributed by atoms with van der Waals surface area (Å²) in [4.78, 5) is 30.8. The van der Waals surface area contributed by atoms with E-state index in [0.29, 0.717) is 5.92 Å². The van der Waals surface area contributed by atoms with Crippen LogP contribution in [-0.2, 0) is 21.5 Å². The van der Waals surface area contributed by atoms with Crippen LogP contribution in [0.4, 0.5) is 4.79 Å². The second kappa shape index (κ2) is 9.19. The maximum atomic E-state index is 12.2. The molecule has 6 heteroatoms. The van der Waals surface area contributed by atoms with Crippen LogP contribution in [0.5, 0.6) is 0 Å². The van der Waals surface area contributed by atoms with E-state index in [1.165, 1.54) is 11.1 Å². The highest BCUT2D eigenvalue weighted by molar-refractivity contribution is 5.74. The molecule has 3 heterocycles. The van der Waals surface area contributed by atoms with Crippen LogP contribution in [0.2, 0.25) is 0 Å². The molecule has 2 fully saturated rings. The van der Waals surface area contributed by atoms with E-state index < -0.39 is 0 Å². The van der Waals surface area contributed by atoms with Gasteiger partial charge in [0.05, 0.1) is 6.10 Å². The Morgan fingerprint density at radius 2 is 1.74 bits per heavy atom. The Bertz CT molecular complexity index is 793. The van der Waals surface area contributed by atoms with Crippen molar-refractivity contribution in [2.45, 2.75) is 64.5 Å². The van der Waals surface area contributed by atoms with Gasteiger partial charge < -0.3 is 19.4 Å². The van der Waals surface area contributed by atoms with Crippen LogP contribution < -0.4 is 0 Å². The Morgan fingerprint density at radius 3 is 2.39 bits per heavy atom. The number of fused-ring (bicyclic) bond motifs is 2. The van der Waals surface area contributed by atoms with Crippen LogP contribution >= 0.6 is 0 Å². The molecule has 170 valence electrons. The summed E-state index contributed by atoms with van der Waals surface area (Å²) in [5.41, 5.74) is 2.88. The summed E-state index contributed by atoms with van der Waals surface area (Å²) in [6.45, 7) is 12.0. The SMILES string of the molecule is CC(=O)N1Cc2ccccc2C2(CCN(CC3CCN(C(=O)OC(C)C)CC3)CC2)C1. The topological polar surface area (TPSA) is 53.1 Å². The zero-order valence-electron chi connectivity index (χ0n) is 19.3. The van der Waals surface area contributed by atoms with E-state index in [9.17, 15) is 9.59 Å². The van der Waals surface area contributed by atoms with Crippen molar-refractivity contribution < 1.29 is 14.3 Å². The van der Waals surface area contributed by atoms with Crippen molar-refractivity contribution in [3.05, 3.63) is 35.4 Å². The minimum atomic E-state index is -0.167. The number of carbonyl (C=O) groups is 2. The minimum Gasteiger partial charge on any atom is -0.447 e. The zero-order valence-corrected chi connectivity index (χ0v) is 19.3. The Morgan fingerprint density at radius 1 is 1.06 bits per heavy atom. The van der Waals surface area contributed by atoms with Crippen molar-refractivity contribution in [2.75, 3.05) is 39.3 Å². The van der Waals surface area contributed by atoms with Crippen LogP contribution in [0.15, 0.2) is 24.3 Å². The molecule has 0 atom stereocenters. The van der Waals surface area contributed by atoms with Gasteiger partial charge in [0, 0.05) is 45.1 Å². The van der Waals surface area contributed by atoms with Crippen LogP contribution in [0.1, 0.15) is 57.6 Å². The highest BCUT2D eigenvalue weighted by atomic mass is 16.6. The lowest BCUT2D eigenvalue weighted by Crippen LogP contribution is -2.53. The maximum Gasteiger partial charge on any atom is 0.410 e. The molecule has 2 amide bonds. The molecule has 1 aromatic rings. The molecule has 0 bridgehead atoms. The monoisotopic (exact) mass is 427 g/mol. The van der Waals surface area contributed by atoms with Crippen molar-refractivity contribution in [1.29, 1.82) is 0 Å². The lowest BCUT2D eigenvalue weighted by molar-refractivity contribution is -0.131. The van der Waals surface area contributed by atoms with Crippen LogP contribution in [0.3, 0.4) is 0 Å². The smallest absolute Gasteiger partial charge is 0.410 e. The van der Waals surface area contributed by atoms with Gasteiger partial charge in [0.2, 0.25) is 5.91 Å². The summed E-state index contributed by atoms with van der Waals surface area (Å²) < 4.78 is 5.34. The van der Waals surface area contributed by atoms with Crippen LogP contribution in [0.25, 0.3) is 0 Å². The van der Waals surface area contributed by atoms with E-state index in [-0.39, 0.29) is 23.5 Å². The standard InChI is InChI=1S/C25H37N3O3/c1-19(2)31-24(30)27-12-8-21(9-13-27)16-26-14-10-25(11-15-26)18-28(20(3)29)17-22-6-4-5-7-23(22)25/h4-7,19,21H,8-18H2,1-3H3. The fourth-order valence-electron chi connectivity index (χ4n) is 5.64. The number of hydrogen-bond donors (Lipinski definition) is 0. The Kier molecular flexibility index (Phi) is 6.56. The molecular formula is C25H37N3O3. The Hall–Kier alpha value is -2.08. The first-order valence-corrected chi connectivity index (χ1v) is 11.9. The summed E-state index contributed by atoms with van der Waals surface area (Å²) in [6.07, 6.45) is 4.08. The van der Waals surface area contributed by atoms with E-state index in [0.717, 1.165) is 71.5 Å². The first-order valence-electron chi connectivity index (χ1n) is 11.9. The highest BCUT2D eigenvalue weighted by Gasteiger charge is 2.42. The molecule has 0 unspecified atom stereocenters. The molecule has 0 radical (unpaired) electrons. The van der Waals surface area contributed by atoms with E-state index in [1.807, 2.05) is 23.6 Å². The lowest BCUT2D eigenvalue weighted by atomic mass is 9.68. The zero-order chi connectivity index (χ0) is 22.0. The van der Waals surface area contributed by atoms with Gasteiger partial charge in [0.25, 0.3) is 0 Å². The number of ether oxygens (including phenoxy) is 1. The molecule has 31 heavy (non-hydrogen) atoms. The number of benzene rings is 1. The van der Waals surface area contributed by atoms with Gasteiger partial charge in [-0.2, -0.15) is 0 Å². The molecule has 4 rings (SSSR count). The summed E-state index contributed by atoms with van der Waals surface area (Å²) in [6, 6.07) is 8.72. The fraction of sp³-hybridized carbons (Fsp3) is 0.680. The minimum absolute atomic E-state index is 0.0604. The van der Waals surface area contributed by atoms with E-state index in [1.54, 1.807) is 6.92 Å². The number of hydrogen-bond acceptors (Lipinski definition) is 4. The van der Waals surface area contributed by atoms with Gasteiger partial charge in [0.1, 0.15) is 0 Å². The van der Waals surface area contributed by atoms with Gasteiger partial charge in [-0.25, -0.2) is 4.79 Å². The summed E-state index contributed by atoms with van der Waals surface area (Å²) >= 11 is 0. The predicted octanol–water partition coefficient (Wildman–Crippen LogP) is 3.64. The Balaban J connectivity index is 1.32. The Labute approximate surface area is 186 Å². The quantitative estimate of drug-likeness (QED) is 0.739. The van der Waals surface area contributed by atoms with Gasteiger partial charge in [-0.15, -0.1) is 0 Å². The third-order valence-corrected chi connectivity index (χ3v) is 7.43. The van der Waals surface area contributed by atoms with Crippen molar-refractivity contribution in [3.63, 3.8) is 0 Å². The second-order valence-electron chi connectivity index (χ2n) is 9.98. The van der Waals surface area contributed by atoms with Crippen LogP contribution in [-0.4, -0.2) is 72.1 Å². The molecule has 3 aliphatic heterocycles. The first kappa shape index (κ1) is 22.1. The largest absolute Gasteiger partial charge is 0.447 e. The van der Waals surface area contributed by atoms with E-state index in [4.69, 9.17) is 4.74 Å². The molecule has 2 saturated heterocycles. The average molecular weight is 428 g/mol. The predicted molar refractivity (Wildman–Crippen MR) is 121 cm³/mol. The fourth-order valence-corrected chi connectivity index (χ4v) is 5.64. The molecule has 0 N–H and O–H groups in total. The number of piperidine rings is 2. The van der Waals surface area contributed by atoms with Crippen molar-refractivity contribution >= 4 is 12.0 Å². The molecule has 0 aromatic heterocycles. The third-order valence-electron chi connectivity index (χ3n) is 7.43. The number of rotatable bonds is 3. The molecule has 0 aliphatic carbocycles. The van der Waals surface area contributed by atoms with E-state index >= 15 is 0 Å². The number of likely N-dealkylation sites (tertiary alicyclic amines) is 2. The van der Waals surface area contributed by atoms with Gasteiger partial charge >= 0.3 is 6.09 Å². The van der Waals surface area contributed by atoms with Gasteiger partial charge in [-0.05, 0) is 69.7 Å². The summed E-state index contributed by atoms with van der Waals surface area (Å²) in [7, 11) is 0. The van der Waals surface area contributed by atoms with Gasteiger partial charge in [0.15, 0.2) is 0 Å². The third kappa shape index (κ3) is 4.89. The van der Waals surface area contributed by atoms with Gasteiger partial charge in [-0.3, -0.25) is 4.79 Å². The first-order chi connectivity index (χ1) is 14.9. The average Bonchev–Trinajstić information content (AvgIpc) is 2.75. The van der Waals surface area contributed by atoms with Crippen molar-refractivity contribution in [2.24, 2.45) is 5.92 Å². The molecule has 1 spiro atoms.